The maximum atomic E-state index is 2.44. The Morgan fingerprint density at radius 1 is 1.62 bits per heavy atom. The van der Waals surface area contributed by atoms with Crippen molar-refractivity contribution in [2.24, 2.45) is 11.8 Å². The molecule has 2 rings (SSSR count). The molecule has 0 amide bonds. The van der Waals surface area contributed by atoms with Gasteiger partial charge in [0.2, 0.25) is 0 Å². The lowest BCUT2D eigenvalue weighted by Crippen LogP contribution is -1.98. The first-order chi connectivity index (χ1) is 3.88. The standard InChI is InChI=1S/C8H12/c1-6-3-2-4-7-5-8(6)7/h4,6,8H,2-3,5H2,1H3/t6-,8+/m1/s1. The second-order valence-electron chi connectivity index (χ2n) is 3.14. The van der Waals surface area contributed by atoms with Crippen molar-refractivity contribution in [1.29, 1.82) is 0 Å². The van der Waals surface area contributed by atoms with Gasteiger partial charge in [0.25, 0.3) is 0 Å². The maximum Gasteiger partial charge on any atom is -0.0140 e. The van der Waals surface area contributed by atoms with Crippen molar-refractivity contribution in [3.8, 4) is 0 Å². The van der Waals surface area contributed by atoms with Crippen LogP contribution in [0.25, 0.3) is 0 Å². The highest BCUT2D eigenvalue weighted by molar-refractivity contribution is 5.26. The zero-order valence-corrected chi connectivity index (χ0v) is 5.35. The van der Waals surface area contributed by atoms with Gasteiger partial charge in [-0.2, -0.15) is 0 Å². The molecule has 1 fully saturated rings. The van der Waals surface area contributed by atoms with Gasteiger partial charge in [0.15, 0.2) is 0 Å². The van der Waals surface area contributed by atoms with Crippen molar-refractivity contribution >= 4 is 0 Å². The molecule has 44 valence electrons. The predicted octanol–water partition coefficient (Wildman–Crippen LogP) is 2.36. The highest BCUT2D eigenvalue weighted by Gasteiger charge is 2.35. The molecule has 8 heavy (non-hydrogen) atoms. The van der Waals surface area contributed by atoms with Gasteiger partial charge in [-0.3, -0.25) is 0 Å². The zero-order valence-electron chi connectivity index (χ0n) is 5.35. The first kappa shape index (κ1) is 4.60. The number of fused-ring (bicyclic) bond motifs is 1. The number of rotatable bonds is 0. The second-order valence-corrected chi connectivity index (χ2v) is 3.14. The highest BCUT2D eigenvalue weighted by atomic mass is 14.4. The minimum atomic E-state index is 1.01. The molecule has 0 nitrogen and oxygen atoms in total. The number of hydrogen-bond donors (Lipinski definition) is 0. The van der Waals surface area contributed by atoms with Crippen LogP contribution < -0.4 is 0 Å². The third-order valence-corrected chi connectivity index (χ3v) is 2.49. The third kappa shape index (κ3) is 0.521. The van der Waals surface area contributed by atoms with Gasteiger partial charge in [-0.15, -0.1) is 0 Å². The van der Waals surface area contributed by atoms with Crippen LogP contribution in [0.3, 0.4) is 0 Å². The molecule has 0 aromatic carbocycles. The van der Waals surface area contributed by atoms with E-state index in [0.717, 1.165) is 11.8 Å². The van der Waals surface area contributed by atoms with Crippen LogP contribution in [0.5, 0.6) is 0 Å². The van der Waals surface area contributed by atoms with Gasteiger partial charge in [0.05, 0.1) is 0 Å². The van der Waals surface area contributed by atoms with Crippen LogP contribution in [-0.4, -0.2) is 0 Å². The van der Waals surface area contributed by atoms with Crippen molar-refractivity contribution < 1.29 is 0 Å². The molecule has 0 unspecified atom stereocenters. The molecule has 2 atom stereocenters. The second kappa shape index (κ2) is 1.37. The molecule has 0 heteroatoms. The summed E-state index contributed by atoms with van der Waals surface area (Å²) in [7, 11) is 0. The summed E-state index contributed by atoms with van der Waals surface area (Å²) in [5.41, 5.74) is 1.75. The van der Waals surface area contributed by atoms with Gasteiger partial charge in [0, 0.05) is 0 Å². The Balaban J connectivity index is 2.17. The number of hydrogen-bond acceptors (Lipinski definition) is 0. The molecule has 0 aromatic rings. The maximum absolute atomic E-state index is 2.44. The summed E-state index contributed by atoms with van der Waals surface area (Å²) in [5, 5.41) is 0. The predicted molar refractivity (Wildman–Crippen MR) is 34.6 cm³/mol. The van der Waals surface area contributed by atoms with Crippen molar-refractivity contribution in [3.63, 3.8) is 0 Å². The van der Waals surface area contributed by atoms with Crippen LogP contribution in [0, 0.1) is 11.8 Å². The zero-order chi connectivity index (χ0) is 5.56. The summed E-state index contributed by atoms with van der Waals surface area (Å²) in [6.07, 6.45) is 6.66. The summed E-state index contributed by atoms with van der Waals surface area (Å²) < 4.78 is 0. The third-order valence-electron chi connectivity index (χ3n) is 2.49. The van der Waals surface area contributed by atoms with Crippen molar-refractivity contribution in [2.45, 2.75) is 26.2 Å². The van der Waals surface area contributed by atoms with Gasteiger partial charge in [-0.1, -0.05) is 18.6 Å². The van der Waals surface area contributed by atoms with Crippen LogP contribution in [0.4, 0.5) is 0 Å². The molecule has 0 radical (unpaired) electrons. The summed E-state index contributed by atoms with van der Waals surface area (Å²) in [5.74, 6) is 2.04. The smallest absolute Gasteiger partial charge is 0.0140 e. The van der Waals surface area contributed by atoms with E-state index in [1.807, 2.05) is 0 Å². The first-order valence-corrected chi connectivity index (χ1v) is 3.57. The largest absolute Gasteiger partial charge is 0.0850 e. The normalized spacial score (nSPS) is 42.9. The van der Waals surface area contributed by atoms with Gasteiger partial charge >= 0.3 is 0 Å². The Labute approximate surface area is 50.6 Å². The fraction of sp³-hybridized carbons (Fsp3) is 0.750. The topological polar surface area (TPSA) is 0 Å². The monoisotopic (exact) mass is 108 g/mol. The molecule has 0 aromatic heterocycles. The summed E-state index contributed by atoms with van der Waals surface area (Å²) in [6.45, 7) is 2.38. The molecule has 2 aliphatic carbocycles. The Bertz CT molecular complexity index is 133. The SMILES string of the molecule is C[C@@H]1CCC=C2C[C@H]21. The lowest BCUT2D eigenvalue weighted by Gasteiger charge is -2.09. The summed E-state index contributed by atoms with van der Waals surface area (Å²) >= 11 is 0. The Hall–Kier alpha value is -0.260. The van der Waals surface area contributed by atoms with Crippen molar-refractivity contribution in [2.75, 3.05) is 0 Å². The molecule has 0 bridgehead atoms. The van der Waals surface area contributed by atoms with Crippen LogP contribution in [-0.2, 0) is 0 Å². The fourth-order valence-corrected chi connectivity index (χ4v) is 1.73. The van der Waals surface area contributed by atoms with Crippen LogP contribution >= 0.6 is 0 Å². The highest BCUT2D eigenvalue weighted by Crippen LogP contribution is 2.48. The van der Waals surface area contributed by atoms with E-state index in [1.165, 1.54) is 19.3 Å². The van der Waals surface area contributed by atoms with Gasteiger partial charge < -0.3 is 0 Å². The van der Waals surface area contributed by atoms with E-state index < -0.39 is 0 Å². The van der Waals surface area contributed by atoms with Gasteiger partial charge in [-0.05, 0) is 31.1 Å². The summed E-state index contributed by atoms with van der Waals surface area (Å²) in [4.78, 5) is 0. The lowest BCUT2D eigenvalue weighted by atomic mass is 9.96. The molecular weight excluding hydrogens is 96.1 g/mol. The van der Waals surface area contributed by atoms with Crippen LogP contribution in [0.1, 0.15) is 26.2 Å². The molecule has 0 N–H and O–H groups in total. The molecule has 0 aliphatic heterocycles. The Morgan fingerprint density at radius 2 is 2.50 bits per heavy atom. The van der Waals surface area contributed by atoms with E-state index in [2.05, 4.69) is 13.0 Å². The fourth-order valence-electron chi connectivity index (χ4n) is 1.73. The molecule has 0 heterocycles. The molecule has 0 spiro atoms. The molecule has 2 aliphatic rings. The van der Waals surface area contributed by atoms with E-state index in [9.17, 15) is 0 Å². The van der Waals surface area contributed by atoms with E-state index in [1.54, 1.807) is 5.57 Å². The average molecular weight is 108 g/mol. The van der Waals surface area contributed by atoms with E-state index >= 15 is 0 Å². The van der Waals surface area contributed by atoms with E-state index in [-0.39, 0.29) is 0 Å². The Morgan fingerprint density at radius 3 is 3.12 bits per heavy atom. The molecular formula is C8H12. The van der Waals surface area contributed by atoms with E-state index in [0.29, 0.717) is 0 Å². The van der Waals surface area contributed by atoms with Crippen LogP contribution in [0.2, 0.25) is 0 Å². The molecule has 1 saturated carbocycles. The lowest BCUT2D eigenvalue weighted by molar-refractivity contribution is 0.475. The quantitative estimate of drug-likeness (QED) is 0.418. The minimum absolute atomic E-state index is 1.01. The van der Waals surface area contributed by atoms with E-state index in [4.69, 9.17) is 0 Å². The minimum Gasteiger partial charge on any atom is -0.0850 e. The Kier molecular flexibility index (Phi) is 0.787. The average Bonchev–Trinajstić information content (AvgIpc) is 2.45. The number of allylic oxidation sites excluding steroid dienone is 2. The van der Waals surface area contributed by atoms with Gasteiger partial charge in [0.1, 0.15) is 0 Å². The first-order valence-electron chi connectivity index (χ1n) is 3.57. The summed E-state index contributed by atoms with van der Waals surface area (Å²) in [6, 6.07) is 0. The van der Waals surface area contributed by atoms with Gasteiger partial charge in [-0.25, -0.2) is 0 Å². The molecule has 0 saturated heterocycles. The van der Waals surface area contributed by atoms with Crippen molar-refractivity contribution in [1.82, 2.24) is 0 Å². The van der Waals surface area contributed by atoms with Crippen molar-refractivity contribution in [3.05, 3.63) is 11.6 Å². The van der Waals surface area contributed by atoms with Crippen LogP contribution in [0.15, 0.2) is 11.6 Å².